The van der Waals surface area contributed by atoms with Crippen LogP contribution in [0.4, 0.5) is 0 Å². The molecule has 0 radical (unpaired) electrons. The van der Waals surface area contributed by atoms with Gasteiger partial charge in [-0.15, -0.1) is 0 Å². The molecule has 2 aliphatic heterocycles. The smallest absolute Gasteiger partial charge is 0.226 e. The molecule has 0 spiro atoms. The Morgan fingerprint density at radius 3 is 2.83 bits per heavy atom. The van der Waals surface area contributed by atoms with Gasteiger partial charge in [0, 0.05) is 31.0 Å². The molecule has 1 aromatic rings. The molecule has 1 aliphatic carbocycles. The first-order chi connectivity index (χ1) is 11.8. The average Bonchev–Trinajstić information content (AvgIpc) is 3.24. The van der Waals surface area contributed by atoms with Crippen molar-refractivity contribution in [3.63, 3.8) is 0 Å². The number of rotatable bonds is 3. The van der Waals surface area contributed by atoms with Crippen molar-refractivity contribution in [2.75, 3.05) is 13.2 Å². The molecule has 4 rings (SSSR count). The molecule has 3 heteroatoms. The Hall–Kier alpha value is -1.35. The van der Waals surface area contributed by atoms with E-state index in [1.807, 2.05) is 0 Å². The second-order valence-electron chi connectivity index (χ2n) is 7.79. The minimum atomic E-state index is 0.180. The summed E-state index contributed by atoms with van der Waals surface area (Å²) in [6, 6.07) is 11.3. The molecule has 1 amide bonds. The van der Waals surface area contributed by atoms with Crippen molar-refractivity contribution in [2.24, 2.45) is 11.8 Å². The highest BCUT2D eigenvalue weighted by Gasteiger charge is 2.48. The van der Waals surface area contributed by atoms with Crippen LogP contribution in [0.1, 0.15) is 56.9 Å². The largest absolute Gasteiger partial charge is 0.378 e. The summed E-state index contributed by atoms with van der Waals surface area (Å²) < 4.78 is 5.78. The molecule has 0 bridgehead atoms. The van der Waals surface area contributed by atoms with Crippen LogP contribution in [0.15, 0.2) is 30.3 Å². The predicted molar refractivity (Wildman–Crippen MR) is 94.8 cm³/mol. The first-order valence-corrected chi connectivity index (χ1v) is 9.75. The molecule has 1 aromatic carbocycles. The van der Waals surface area contributed by atoms with Crippen LogP contribution in [0.5, 0.6) is 0 Å². The fourth-order valence-corrected chi connectivity index (χ4v) is 5.24. The van der Waals surface area contributed by atoms with E-state index in [0.717, 1.165) is 32.4 Å². The summed E-state index contributed by atoms with van der Waals surface area (Å²) in [7, 11) is 0. The zero-order valence-electron chi connectivity index (χ0n) is 14.7. The van der Waals surface area contributed by atoms with E-state index < -0.39 is 0 Å². The molecule has 0 N–H and O–H groups in total. The summed E-state index contributed by atoms with van der Waals surface area (Å²) in [6.45, 7) is 3.83. The second-order valence-corrected chi connectivity index (χ2v) is 7.79. The van der Waals surface area contributed by atoms with Gasteiger partial charge in [0.05, 0.1) is 6.10 Å². The Bertz CT molecular complexity index is 572. The third kappa shape index (κ3) is 2.88. The maximum absolute atomic E-state index is 13.3. The van der Waals surface area contributed by atoms with E-state index in [2.05, 4.69) is 42.2 Å². The minimum absolute atomic E-state index is 0.180. The zero-order valence-corrected chi connectivity index (χ0v) is 14.7. The SMILES string of the molecule is CC[C@@H]1C[C@H](C(=O)N2C[C@H](c3ccccc3)[C@@H]3CCC[C@@H]32)CCO1. The lowest BCUT2D eigenvalue weighted by molar-refractivity contribution is -0.141. The molecule has 5 atom stereocenters. The Morgan fingerprint density at radius 1 is 1.21 bits per heavy atom. The lowest BCUT2D eigenvalue weighted by Gasteiger charge is -2.33. The molecule has 1 saturated carbocycles. The summed E-state index contributed by atoms with van der Waals surface area (Å²) in [4.78, 5) is 15.5. The summed E-state index contributed by atoms with van der Waals surface area (Å²) >= 11 is 0. The van der Waals surface area contributed by atoms with Gasteiger partial charge in [-0.25, -0.2) is 0 Å². The van der Waals surface area contributed by atoms with E-state index in [9.17, 15) is 4.79 Å². The van der Waals surface area contributed by atoms with Gasteiger partial charge >= 0.3 is 0 Å². The zero-order chi connectivity index (χ0) is 16.5. The number of ether oxygens (including phenoxy) is 1. The van der Waals surface area contributed by atoms with Gasteiger partial charge in [-0.2, -0.15) is 0 Å². The van der Waals surface area contributed by atoms with Gasteiger partial charge in [0.15, 0.2) is 0 Å². The standard InChI is InChI=1S/C21H29NO2/c1-2-17-13-16(11-12-24-17)21(23)22-14-19(15-7-4-3-5-8-15)18-9-6-10-20(18)22/h3-5,7-8,16-20H,2,6,9-14H2,1H3/t16-,17-,18+,19-,20+/m1/s1. The number of hydrogen-bond acceptors (Lipinski definition) is 2. The highest BCUT2D eigenvalue weighted by atomic mass is 16.5. The maximum Gasteiger partial charge on any atom is 0.226 e. The number of fused-ring (bicyclic) bond motifs is 1. The molecule has 130 valence electrons. The number of nitrogens with zero attached hydrogens (tertiary/aromatic N) is 1. The van der Waals surface area contributed by atoms with Crippen LogP contribution in [-0.2, 0) is 9.53 Å². The van der Waals surface area contributed by atoms with Crippen molar-refractivity contribution in [3.05, 3.63) is 35.9 Å². The van der Waals surface area contributed by atoms with Crippen molar-refractivity contribution in [1.82, 2.24) is 4.90 Å². The first-order valence-electron chi connectivity index (χ1n) is 9.75. The van der Waals surface area contributed by atoms with Crippen LogP contribution in [0.2, 0.25) is 0 Å². The fourth-order valence-electron chi connectivity index (χ4n) is 5.24. The highest BCUT2D eigenvalue weighted by molar-refractivity contribution is 5.80. The van der Waals surface area contributed by atoms with Crippen LogP contribution < -0.4 is 0 Å². The summed E-state index contributed by atoms with van der Waals surface area (Å²) in [5, 5.41) is 0. The predicted octanol–water partition coefficient (Wildman–Crippen LogP) is 3.99. The minimum Gasteiger partial charge on any atom is -0.378 e. The highest BCUT2D eigenvalue weighted by Crippen LogP contribution is 2.47. The van der Waals surface area contributed by atoms with Gasteiger partial charge in [0.1, 0.15) is 0 Å². The fraction of sp³-hybridized carbons (Fsp3) is 0.667. The van der Waals surface area contributed by atoms with Crippen molar-refractivity contribution in [2.45, 2.75) is 63.5 Å². The normalized spacial score (nSPS) is 35.9. The first kappa shape index (κ1) is 16.1. The number of likely N-dealkylation sites (tertiary alicyclic amines) is 1. The molecule has 2 saturated heterocycles. The van der Waals surface area contributed by atoms with Gasteiger partial charge in [0.25, 0.3) is 0 Å². The number of carbonyl (C=O) groups is 1. The van der Waals surface area contributed by atoms with E-state index in [0.29, 0.717) is 23.8 Å². The number of benzene rings is 1. The molecule has 3 aliphatic rings. The lowest BCUT2D eigenvalue weighted by Crippen LogP contribution is -2.43. The Labute approximate surface area is 145 Å². The second kappa shape index (κ2) is 6.87. The molecule has 0 aromatic heterocycles. The van der Waals surface area contributed by atoms with Gasteiger partial charge in [-0.05, 0) is 43.6 Å². The van der Waals surface area contributed by atoms with Gasteiger partial charge in [-0.1, -0.05) is 43.7 Å². The topological polar surface area (TPSA) is 29.5 Å². The van der Waals surface area contributed by atoms with E-state index in [-0.39, 0.29) is 12.0 Å². The molecule has 2 heterocycles. The van der Waals surface area contributed by atoms with Crippen LogP contribution in [0, 0.1) is 11.8 Å². The van der Waals surface area contributed by atoms with Gasteiger partial charge in [-0.3, -0.25) is 4.79 Å². The lowest BCUT2D eigenvalue weighted by atomic mass is 9.86. The quantitative estimate of drug-likeness (QED) is 0.840. The van der Waals surface area contributed by atoms with E-state index in [4.69, 9.17) is 4.74 Å². The van der Waals surface area contributed by atoms with Crippen molar-refractivity contribution < 1.29 is 9.53 Å². The van der Waals surface area contributed by atoms with E-state index in [1.165, 1.54) is 24.8 Å². The third-order valence-corrected chi connectivity index (χ3v) is 6.52. The molecule has 0 unspecified atom stereocenters. The third-order valence-electron chi connectivity index (χ3n) is 6.52. The average molecular weight is 327 g/mol. The van der Waals surface area contributed by atoms with Gasteiger partial charge < -0.3 is 9.64 Å². The number of hydrogen-bond donors (Lipinski definition) is 0. The molecule has 24 heavy (non-hydrogen) atoms. The maximum atomic E-state index is 13.3. The molecule has 3 nitrogen and oxygen atoms in total. The number of carbonyl (C=O) groups excluding carboxylic acids is 1. The van der Waals surface area contributed by atoms with Crippen LogP contribution in [0.3, 0.4) is 0 Å². The Morgan fingerprint density at radius 2 is 2.04 bits per heavy atom. The van der Waals surface area contributed by atoms with Crippen molar-refractivity contribution in [3.8, 4) is 0 Å². The Balaban J connectivity index is 1.52. The Kier molecular flexibility index (Phi) is 4.62. The van der Waals surface area contributed by atoms with Crippen LogP contribution >= 0.6 is 0 Å². The van der Waals surface area contributed by atoms with Crippen molar-refractivity contribution in [1.29, 1.82) is 0 Å². The van der Waals surface area contributed by atoms with Crippen molar-refractivity contribution >= 4 is 5.91 Å². The van der Waals surface area contributed by atoms with E-state index in [1.54, 1.807) is 0 Å². The molecule has 3 fully saturated rings. The monoisotopic (exact) mass is 327 g/mol. The van der Waals surface area contributed by atoms with E-state index >= 15 is 0 Å². The summed E-state index contributed by atoms with van der Waals surface area (Å²) in [6.07, 6.45) is 6.86. The summed E-state index contributed by atoms with van der Waals surface area (Å²) in [5.74, 6) is 1.79. The van der Waals surface area contributed by atoms with Crippen LogP contribution in [0.25, 0.3) is 0 Å². The molecular weight excluding hydrogens is 298 g/mol. The molecular formula is C21H29NO2. The summed E-state index contributed by atoms with van der Waals surface area (Å²) in [5.41, 5.74) is 1.42. The van der Waals surface area contributed by atoms with Crippen LogP contribution in [-0.4, -0.2) is 36.1 Å². The number of amides is 1. The van der Waals surface area contributed by atoms with Gasteiger partial charge in [0.2, 0.25) is 5.91 Å².